The van der Waals surface area contributed by atoms with E-state index in [1.54, 1.807) is 18.2 Å². The fraction of sp³-hybridized carbons (Fsp3) is 0.167. The predicted octanol–water partition coefficient (Wildman–Crippen LogP) is 8.00. The van der Waals surface area contributed by atoms with Crippen molar-refractivity contribution in [3.63, 3.8) is 0 Å². The number of carboxylic acids is 1. The number of hydrogen-bond donors (Lipinski definition) is 2. The van der Waals surface area contributed by atoms with E-state index in [0.717, 1.165) is 47.0 Å². The first-order chi connectivity index (χ1) is 24.5. The van der Waals surface area contributed by atoms with E-state index in [1.165, 1.54) is 0 Å². The molecule has 0 amide bonds. The molecule has 0 spiro atoms. The number of carbonyl (C=O) groups is 1. The van der Waals surface area contributed by atoms with Gasteiger partial charge in [-0.3, -0.25) is 14.9 Å². The number of halogens is 1. The first-order valence-electron chi connectivity index (χ1n) is 16.8. The molecule has 9 heteroatoms. The standard InChI is InChI=1S/C42H37ClN4O3.Ni/c43-31-23-21-29(22-24-31)38(34-26-44-35-18-9-7-16-32(34)35)40(42(49)50)46-39(30-14-5-2-6-15-30)33-17-8-10-19-36(33)45-41(48)37-20-11-25-47(37)27-28-12-3-1-4-13-28;/h1-10,12-19,21-24,26,37-38,40,44H,11,20,25,27H2,(H,45,48)(H,49,50);/p-1/t37-,38+,40-;/m0./s1. The van der Waals surface area contributed by atoms with Crippen molar-refractivity contribution in [2.24, 2.45) is 9.98 Å². The number of H-pyrrole nitrogens is 1. The SMILES string of the molecule is O=C(O)[C@@H](N=C(c1ccccc1)c1ccccc1N=C([O-])[C@@H]1CCCN1Cc1ccccc1)[C@H](c1ccc(Cl)cc1)c1c[nH]c2ccccc12.[Ni]. The van der Waals surface area contributed by atoms with Gasteiger partial charge >= 0.3 is 5.97 Å². The van der Waals surface area contributed by atoms with Gasteiger partial charge < -0.3 is 15.2 Å². The second-order valence-electron chi connectivity index (χ2n) is 12.5. The van der Waals surface area contributed by atoms with E-state index in [4.69, 9.17) is 21.6 Å². The van der Waals surface area contributed by atoms with Gasteiger partial charge in [0.2, 0.25) is 0 Å². The average Bonchev–Trinajstić information content (AvgIpc) is 3.79. The summed E-state index contributed by atoms with van der Waals surface area (Å²) in [5.74, 6) is -1.97. The molecule has 5 aromatic carbocycles. The number of aliphatic imine (C=N–C) groups is 2. The summed E-state index contributed by atoms with van der Waals surface area (Å²) >= 11 is 6.29. The largest absolute Gasteiger partial charge is 0.861 e. The quantitative estimate of drug-likeness (QED) is 0.0799. The van der Waals surface area contributed by atoms with Crippen LogP contribution in [0, 0.1) is 0 Å². The molecule has 2 heterocycles. The van der Waals surface area contributed by atoms with Gasteiger partial charge in [0.05, 0.1) is 11.4 Å². The molecular weight excluding hydrogens is 703 g/mol. The van der Waals surface area contributed by atoms with Gasteiger partial charge in [-0.25, -0.2) is 4.79 Å². The molecule has 1 saturated heterocycles. The first-order valence-corrected chi connectivity index (χ1v) is 17.1. The fourth-order valence-electron chi connectivity index (χ4n) is 6.94. The van der Waals surface area contributed by atoms with Gasteiger partial charge in [0, 0.05) is 68.2 Å². The van der Waals surface area contributed by atoms with E-state index in [1.807, 2.05) is 109 Å². The topological polar surface area (TPSA) is 104 Å². The fourth-order valence-corrected chi connectivity index (χ4v) is 7.06. The van der Waals surface area contributed by atoms with Crippen LogP contribution in [0.15, 0.2) is 150 Å². The molecular formula is C42H36ClN4NiO3-. The molecule has 7 rings (SSSR count). The summed E-state index contributed by atoms with van der Waals surface area (Å²) in [5.41, 5.74) is 5.80. The Kier molecular flexibility index (Phi) is 11.5. The maximum absolute atomic E-state index is 13.9. The Balaban J connectivity index is 0.00000448. The summed E-state index contributed by atoms with van der Waals surface area (Å²) in [6.45, 7) is 1.49. The van der Waals surface area contributed by atoms with Crippen molar-refractivity contribution in [2.45, 2.75) is 37.4 Å². The molecule has 6 aromatic rings. The van der Waals surface area contributed by atoms with Gasteiger partial charge in [-0.15, -0.1) is 0 Å². The number of para-hydroxylation sites is 2. The maximum Gasteiger partial charge on any atom is 0.329 e. The van der Waals surface area contributed by atoms with Crippen LogP contribution < -0.4 is 5.11 Å². The average molecular weight is 739 g/mol. The van der Waals surface area contributed by atoms with Gasteiger partial charge in [-0.05, 0) is 66.2 Å². The van der Waals surface area contributed by atoms with Crippen molar-refractivity contribution >= 4 is 45.8 Å². The van der Waals surface area contributed by atoms with Crippen LogP contribution in [-0.2, 0) is 27.8 Å². The molecule has 51 heavy (non-hydrogen) atoms. The molecule has 0 aliphatic carbocycles. The zero-order valence-corrected chi connectivity index (χ0v) is 29.4. The third-order valence-corrected chi connectivity index (χ3v) is 9.59. The van der Waals surface area contributed by atoms with Crippen LogP contribution in [0.25, 0.3) is 10.9 Å². The van der Waals surface area contributed by atoms with Crippen molar-refractivity contribution in [2.75, 3.05) is 6.54 Å². The third-order valence-electron chi connectivity index (χ3n) is 9.34. The number of carboxylic acid groups (broad SMARTS) is 1. The van der Waals surface area contributed by atoms with Crippen LogP contribution in [-0.4, -0.2) is 51.2 Å². The Labute approximate surface area is 312 Å². The molecule has 1 fully saturated rings. The Bertz CT molecular complexity index is 2150. The van der Waals surface area contributed by atoms with Gasteiger partial charge in [-0.1, -0.05) is 121 Å². The number of fused-ring (bicyclic) bond motifs is 1. The smallest absolute Gasteiger partial charge is 0.329 e. The minimum Gasteiger partial charge on any atom is -0.861 e. The molecule has 1 aromatic heterocycles. The number of aromatic nitrogens is 1. The summed E-state index contributed by atoms with van der Waals surface area (Å²) in [5, 5.41) is 26.3. The van der Waals surface area contributed by atoms with E-state index in [9.17, 15) is 15.0 Å². The van der Waals surface area contributed by atoms with E-state index in [2.05, 4.69) is 22.0 Å². The van der Waals surface area contributed by atoms with E-state index in [-0.39, 0.29) is 28.4 Å². The third kappa shape index (κ3) is 7.99. The van der Waals surface area contributed by atoms with Crippen molar-refractivity contribution in [3.8, 4) is 0 Å². The first kappa shape index (κ1) is 35.8. The second-order valence-corrected chi connectivity index (χ2v) is 13.0. The molecule has 0 unspecified atom stereocenters. The number of benzene rings is 5. The predicted molar refractivity (Wildman–Crippen MR) is 199 cm³/mol. The number of hydrogen-bond acceptors (Lipinski definition) is 5. The van der Waals surface area contributed by atoms with Crippen LogP contribution in [0.2, 0.25) is 5.02 Å². The molecule has 1 aliphatic rings. The van der Waals surface area contributed by atoms with Crippen molar-refractivity contribution in [3.05, 3.63) is 172 Å². The van der Waals surface area contributed by atoms with E-state index < -0.39 is 17.9 Å². The molecule has 0 bridgehead atoms. The number of likely N-dealkylation sites (tertiary alicyclic amines) is 1. The molecule has 0 radical (unpaired) electrons. The van der Waals surface area contributed by atoms with Gasteiger partial charge in [-0.2, -0.15) is 0 Å². The number of rotatable bonds is 11. The Hall–Kier alpha value is -5.01. The molecule has 0 saturated carbocycles. The summed E-state index contributed by atoms with van der Waals surface area (Å²) < 4.78 is 0. The maximum atomic E-state index is 13.9. The van der Waals surface area contributed by atoms with Gasteiger partial charge in [0.25, 0.3) is 0 Å². The van der Waals surface area contributed by atoms with Crippen molar-refractivity contribution in [1.29, 1.82) is 0 Å². The second kappa shape index (κ2) is 16.3. The summed E-state index contributed by atoms with van der Waals surface area (Å²) in [4.78, 5) is 28.7. The summed E-state index contributed by atoms with van der Waals surface area (Å²) in [6, 6.07) is 40.5. The van der Waals surface area contributed by atoms with Gasteiger partial charge in [0.1, 0.15) is 0 Å². The van der Waals surface area contributed by atoms with Crippen LogP contribution in [0.3, 0.4) is 0 Å². The molecule has 2 N–H and O–H groups in total. The van der Waals surface area contributed by atoms with Crippen LogP contribution >= 0.6 is 11.6 Å². The zero-order valence-electron chi connectivity index (χ0n) is 27.6. The summed E-state index contributed by atoms with van der Waals surface area (Å²) in [6.07, 6.45) is 3.51. The number of aromatic amines is 1. The molecule has 260 valence electrons. The number of nitrogens with one attached hydrogen (secondary N) is 1. The number of nitrogens with zero attached hydrogens (tertiary/aromatic N) is 3. The number of aliphatic carboxylic acids is 1. The van der Waals surface area contributed by atoms with Crippen LogP contribution in [0.4, 0.5) is 5.69 Å². The minimum atomic E-state index is -1.24. The van der Waals surface area contributed by atoms with Crippen LogP contribution in [0.5, 0.6) is 0 Å². The molecule has 7 nitrogen and oxygen atoms in total. The van der Waals surface area contributed by atoms with Crippen LogP contribution in [0.1, 0.15) is 46.6 Å². The molecule has 1 aliphatic heterocycles. The van der Waals surface area contributed by atoms with Crippen molar-refractivity contribution < 1.29 is 31.5 Å². The Morgan fingerprint density at radius 2 is 1.55 bits per heavy atom. The Morgan fingerprint density at radius 1 is 0.882 bits per heavy atom. The van der Waals surface area contributed by atoms with E-state index in [0.29, 0.717) is 34.1 Å². The minimum absolute atomic E-state index is 0. The zero-order chi connectivity index (χ0) is 34.5. The summed E-state index contributed by atoms with van der Waals surface area (Å²) in [7, 11) is 0. The normalized spacial score (nSPS) is 16.5. The molecule has 3 atom stereocenters. The van der Waals surface area contributed by atoms with Crippen molar-refractivity contribution in [1.82, 2.24) is 9.88 Å². The van der Waals surface area contributed by atoms with Gasteiger partial charge in [0.15, 0.2) is 6.04 Å². The Morgan fingerprint density at radius 3 is 2.29 bits per heavy atom. The monoisotopic (exact) mass is 737 g/mol. The van der Waals surface area contributed by atoms with E-state index >= 15 is 0 Å².